The topological polar surface area (TPSA) is 41.5 Å². The number of carbonyl (C=O) groups excluding carboxylic acids is 1. The minimum Gasteiger partial charge on any atom is -0.357 e. The van der Waals surface area contributed by atoms with Crippen molar-refractivity contribution in [3.05, 3.63) is 69.2 Å². The number of fused-ring (bicyclic) bond motifs is 2. The third-order valence-electron chi connectivity index (χ3n) is 6.42. The fraction of sp³-hybridized carbons (Fsp3) is 0.364. The van der Waals surface area contributed by atoms with Gasteiger partial charge in [0.2, 0.25) is 0 Å². The molecule has 0 saturated heterocycles. The maximum Gasteiger partial charge on any atom is 0.252 e. The average molecular weight is 411 g/mol. The second-order valence-electron chi connectivity index (χ2n) is 7.47. The maximum absolute atomic E-state index is 13.2. The molecule has 0 saturated carbocycles. The molecule has 26 heavy (non-hydrogen) atoms. The first-order chi connectivity index (χ1) is 12.6. The summed E-state index contributed by atoms with van der Waals surface area (Å²) in [5, 5.41) is 2.88. The Kier molecular flexibility index (Phi) is 4.26. The van der Waals surface area contributed by atoms with E-state index in [0.29, 0.717) is 0 Å². The molecule has 1 N–H and O–H groups in total. The predicted octanol–water partition coefficient (Wildman–Crippen LogP) is 4.21. The number of hydrogen-bond acceptors (Lipinski definition) is 2. The molecular formula is C22H23BrN2O. The van der Waals surface area contributed by atoms with Gasteiger partial charge in [0.15, 0.2) is 5.54 Å². The number of halogens is 1. The Labute approximate surface area is 163 Å². The number of rotatable bonds is 2. The van der Waals surface area contributed by atoms with Crippen LogP contribution in [0.1, 0.15) is 35.1 Å². The van der Waals surface area contributed by atoms with Gasteiger partial charge in [0.25, 0.3) is 5.91 Å². The molecule has 1 atom stereocenters. The number of likely N-dealkylation sites (N-methyl/N-ethyl adjacent to an activating group) is 1. The minimum absolute atomic E-state index is 0.0460. The summed E-state index contributed by atoms with van der Waals surface area (Å²) in [6, 6.07) is 14.9. The summed E-state index contributed by atoms with van der Waals surface area (Å²) in [6.07, 6.45) is 4.68. The van der Waals surface area contributed by atoms with Gasteiger partial charge in [0.05, 0.1) is 0 Å². The summed E-state index contributed by atoms with van der Waals surface area (Å²) >= 11 is 3.57. The predicted molar refractivity (Wildman–Crippen MR) is 109 cm³/mol. The minimum atomic E-state index is -0.928. The van der Waals surface area contributed by atoms with Gasteiger partial charge in [0, 0.05) is 16.9 Å². The molecule has 0 aliphatic heterocycles. The van der Waals surface area contributed by atoms with Gasteiger partial charge in [-0.1, -0.05) is 46.3 Å². The normalized spacial score (nSPS) is 23.0. The first-order valence-electron chi connectivity index (χ1n) is 9.12. The molecule has 2 aliphatic rings. The highest BCUT2D eigenvalue weighted by Gasteiger charge is 2.61. The van der Waals surface area contributed by atoms with Gasteiger partial charge in [0.1, 0.15) is 0 Å². The quantitative estimate of drug-likeness (QED) is 0.739. The number of carbonyl (C=O) groups is 1. The Bertz CT molecular complexity index is 864. The van der Waals surface area contributed by atoms with Crippen molar-refractivity contribution in [1.29, 1.82) is 0 Å². The third-order valence-corrected chi connectivity index (χ3v) is 6.91. The molecule has 0 fully saturated rings. The molecule has 4 heteroatoms. The van der Waals surface area contributed by atoms with E-state index in [9.17, 15) is 4.79 Å². The molecular weight excluding hydrogens is 388 g/mol. The van der Waals surface area contributed by atoms with Crippen LogP contribution in [0, 0.1) is 5.41 Å². The lowest BCUT2D eigenvalue weighted by atomic mass is 9.64. The van der Waals surface area contributed by atoms with Crippen LogP contribution in [-0.4, -0.2) is 19.7 Å². The number of amides is 1. The number of aryl methyl sites for hydroxylation is 2. The number of hydrogen-bond donors (Lipinski definition) is 1. The smallest absolute Gasteiger partial charge is 0.252 e. The van der Waals surface area contributed by atoms with Gasteiger partial charge in [-0.2, -0.15) is 0 Å². The molecule has 0 radical (unpaired) electrons. The van der Waals surface area contributed by atoms with E-state index in [-0.39, 0.29) is 11.3 Å². The summed E-state index contributed by atoms with van der Waals surface area (Å²) in [5.41, 5.74) is 3.86. The monoisotopic (exact) mass is 410 g/mol. The van der Waals surface area contributed by atoms with E-state index >= 15 is 0 Å². The summed E-state index contributed by atoms with van der Waals surface area (Å²) in [4.78, 5) is 17.8. The van der Waals surface area contributed by atoms with Crippen LogP contribution in [0.2, 0.25) is 0 Å². The molecule has 0 heterocycles. The highest BCUT2D eigenvalue weighted by molar-refractivity contribution is 9.10. The number of nitrogens with one attached hydrogen (secondary N) is 1. The number of benzene rings is 2. The second kappa shape index (κ2) is 6.34. The third kappa shape index (κ3) is 2.31. The first-order valence-corrected chi connectivity index (χ1v) is 9.91. The summed E-state index contributed by atoms with van der Waals surface area (Å²) in [6.45, 7) is 3.92. The second-order valence-corrected chi connectivity index (χ2v) is 8.39. The Hall–Kier alpha value is -1.94. The fourth-order valence-electron chi connectivity index (χ4n) is 5.14. The summed E-state index contributed by atoms with van der Waals surface area (Å²) < 4.78 is 0.974. The van der Waals surface area contributed by atoms with Crippen LogP contribution in [0.4, 0.5) is 0 Å². The molecule has 1 spiro atoms. The highest BCUT2D eigenvalue weighted by atomic mass is 79.9. The van der Waals surface area contributed by atoms with E-state index in [2.05, 4.69) is 75.4 Å². The van der Waals surface area contributed by atoms with Gasteiger partial charge in [-0.15, -0.1) is 0 Å². The molecule has 134 valence electrons. The molecule has 3 nitrogen and oxygen atoms in total. The van der Waals surface area contributed by atoms with Gasteiger partial charge in [-0.05, 0) is 73.2 Å². The van der Waals surface area contributed by atoms with E-state index in [1.54, 1.807) is 7.05 Å². The van der Waals surface area contributed by atoms with Gasteiger partial charge in [-0.3, -0.25) is 9.79 Å². The van der Waals surface area contributed by atoms with Crippen molar-refractivity contribution < 1.29 is 4.79 Å². The van der Waals surface area contributed by atoms with E-state index in [4.69, 9.17) is 0 Å². The molecule has 1 amide bonds. The van der Waals surface area contributed by atoms with Crippen molar-refractivity contribution in [2.45, 2.75) is 37.6 Å². The van der Waals surface area contributed by atoms with Crippen molar-refractivity contribution in [2.24, 2.45) is 10.4 Å². The summed E-state index contributed by atoms with van der Waals surface area (Å²) in [7, 11) is 1.70. The van der Waals surface area contributed by atoms with Crippen LogP contribution in [-0.2, 0) is 29.6 Å². The van der Waals surface area contributed by atoms with Gasteiger partial charge in [-0.25, -0.2) is 0 Å². The van der Waals surface area contributed by atoms with Crippen LogP contribution >= 0.6 is 15.9 Å². The van der Waals surface area contributed by atoms with Crippen molar-refractivity contribution in [1.82, 2.24) is 5.32 Å². The van der Waals surface area contributed by atoms with Gasteiger partial charge >= 0.3 is 0 Å². The molecule has 0 aromatic heterocycles. The molecule has 2 aliphatic carbocycles. The first kappa shape index (κ1) is 17.5. The van der Waals surface area contributed by atoms with Crippen molar-refractivity contribution >= 4 is 28.6 Å². The van der Waals surface area contributed by atoms with Crippen LogP contribution in [0.25, 0.3) is 0 Å². The van der Waals surface area contributed by atoms with Crippen molar-refractivity contribution in [2.75, 3.05) is 7.05 Å². The zero-order chi connectivity index (χ0) is 18.4. The van der Waals surface area contributed by atoms with Gasteiger partial charge < -0.3 is 5.32 Å². The number of nitrogens with zero attached hydrogens (tertiary/aromatic N) is 1. The van der Waals surface area contributed by atoms with Crippen molar-refractivity contribution in [3.63, 3.8) is 0 Å². The van der Waals surface area contributed by atoms with Crippen LogP contribution in [0.3, 0.4) is 0 Å². The fourth-order valence-corrected chi connectivity index (χ4v) is 5.50. The lowest BCUT2D eigenvalue weighted by molar-refractivity contribution is -0.131. The Morgan fingerprint density at radius 2 is 1.77 bits per heavy atom. The van der Waals surface area contributed by atoms with Crippen LogP contribution in [0.5, 0.6) is 0 Å². The van der Waals surface area contributed by atoms with Crippen LogP contribution < -0.4 is 5.32 Å². The zero-order valence-corrected chi connectivity index (χ0v) is 16.6. The standard InChI is InChI=1S/C22H23BrN2O/c1-24-20(26)22(25-2)19-13-18(23)8-7-17(19)14-21(22)11-9-15-5-3-4-6-16(15)10-12-21/h3-8,13H,2,9-12,14H2,1H3,(H,24,26). The Balaban J connectivity index is 1.88. The summed E-state index contributed by atoms with van der Waals surface area (Å²) in [5.74, 6) is -0.0460. The maximum atomic E-state index is 13.2. The highest BCUT2D eigenvalue weighted by Crippen LogP contribution is 2.59. The average Bonchev–Trinajstić information content (AvgIpc) is 2.79. The van der Waals surface area contributed by atoms with E-state index < -0.39 is 5.54 Å². The van der Waals surface area contributed by atoms with E-state index in [1.165, 1.54) is 16.7 Å². The Morgan fingerprint density at radius 1 is 1.12 bits per heavy atom. The molecule has 2 aromatic rings. The zero-order valence-electron chi connectivity index (χ0n) is 15.0. The SMILES string of the molecule is C=NC1(C(=O)NC)c2cc(Br)ccc2CC12CCc1ccccc1CC2. The lowest BCUT2D eigenvalue weighted by Gasteiger charge is -2.42. The Morgan fingerprint density at radius 3 is 2.35 bits per heavy atom. The number of aliphatic imine (C=N–C) groups is 1. The lowest BCUT2D eigenvalue weighted by Crippen LogP contribution is -2.52. The molecule has 0 bridgehead atoms. The van der Waals surface area contributed by atoms with E-state index in [0.717, 1.165) is 42.1 Å². The molecule has 2 aromatic carbocycles. The molecule has 4 rings (SSSR count). The van der Waals surface area contributed by atoms with Crippen molar-refractivity contribution in [3.8, 4) is 0 Å². The van der Waals surface area contributed by atoms with Crippen LogP contribution in [0.15, 0.2) is 51.9 Å². The molecule has 1 unspecified atom stereocenters. The van der Waals surface area contributed by atoms with E-state index in [1.807, 2.05) is 0 Å². The largest absolute Gasteiger partial charge is 0.357 e.